The summed E-state index contributed by atoms with van der Waals surface area (Å²) in [6.07, 6.45) is 7.81. The number of halogens is 1. The van der Waals surface area contributed by atoms with Crippen LogP contribution in [0.5, 0.6) is 0 Å². The van der Waals surface area contributed by atoms with Crippen LogP contribution >= 0.6 is 11.3 Å². The van der Waals surface area contributed by atoms with Gasteiger partial charge in [0.25, 0.3) is 0 Å². The zero-order valence-corrected chi connectivity index (χ0v) is 14.9. The Morgan fingerprint density at radius 3 is 2.64 bits per heavy atom. The molecule has 3 aromatic heterocycles. The fourth-order valence-corrected chi connectivity index (χ4v) is 4.02. The van der Waals surface area contributed by atoms with Crippen molar-refractivity contribution in [3.05, 3.63) is 36.4 Å². The topological polar surface area (TPSA) is 58.5 Å². The van der Waals surface area contributed by atoms with E-state index in [1.54, 1.807) is 29.3 Å². The number of fused-ring (bicyclic) bond motifs is 2. The number of benzene rings is 1. The number of hydrogen-bond acceptors (Lipinski definition) is 4. The van der Waals surface area contributed by atoms with Gasteiger partial charge in [-0.05, 0) is 49.7 Å². The fraction of sp³-hybridized carbons (Fsp3) is 0.333. The van der Waals surface area contributed by atoms with Crippen LogP contribution in [-0.4, -0.2) is 33.1 Å². The van der Waals surface area contributed by atoms with E-state index in [2.05, 4.69) is 20.6 Å². The highest BCUT2D eigenvalue weighted by Gasteiger charge is 2.11. The minimum atomic E-state index is -0.289. The van der Waals surface area contributed by atoms with Gasteiger partial charge < -0.3 is 5.32 Å². The zero-order valence-electron chi connectivity index (χ0n) is 14.1. The van der Waals surface area contributed by atoms with Crippen LogP contribution < -0.4 is 5.32 Å². The molecule has 0 atom stereocenters. The number of aryl methyl sites for hydroxylation is 1. The molecule has 0 aliphatic carbocycles. The van der Waals surface area contributed by atoms with E-state index < -0.39 is 0 Å². The number of aromatic nitrogens is 4. The lowest BCUT2D eigenvalue weighted by molar-refractivity contribution is 0.520. The van der Waals surface area contributed by atoms with Crippen molar-refractivity contribution in [1.82, 2.24) is 25.3 Å². The lowest BCUT2D eigenvalue weighted by Gasteiger charge is -2.08. The van der Waals surface area contributed by atoms with Crippen molar-refractivity contribution in [3.63, 3.8) is 0 Å². The SMILES string of the molecule is C1CCNCC1.Cn1cc2cc(-c3cc4cn[nH]c4s3)cc(F)c2n1. The summed E-state index contributed by atoms with van der Waals surface area (Å²) >= 11 is 1.57. The van der Waals surface area contributed by atoms with Gasteiger partial charge in [0.2, 0.25) is 0 Å². The maximum atomic E-state index is 14.0. The zero-order chi connectivity index (χ0) is 17.2. The van der Waals surface area contributed by atoms with Crippen molar-refractivity contribution in [2.24, 2.45) is 7.05 Å². The number of thiophene rings is 1. The molecule has 0 amide bonds. The summed E-state index contributed by atoms with van der Waals surface area (Å²) in [7, 11) is 1.79. The monoisotopic (exact) mass is 357 g/mol. The first-order chi connectivity index (χ1) is 12.2. The Kier molecular flexibility index (Phi) is 4.50. The van der Waals surface area contributed by atoms with E-state index in [1.165, 1.54) is 38.4 Å². The van der Waals surface area contributed by atoms with Crippen LogP contribution in [0, 0.1) is 5.82 Å². The molecule has 0 spiro atoms. The van der Waals surface area contributed by atoms with Crippen LogP contribution in [0.3, 0.4) is 0 Å². The Bertz CT molecular complexity index is 956. The normalized spacial score (nSPS) is 14.6. The number of piperidine rings is 1. The maximum Gasteiger partial charge on any atom is 0.151 e. The van der Waals surface area contributed by atoms with E-state index >= 15 is 0 Å². The van der Waals surface area contributed by atoms with Crippen LogP contribution in [0.25, 0.3) is 31.6 Å². The Labute approximate surface area is 148 Å². The molecule has 4 heterocycles. The van der Waals surface area contributed by atoms with E-state index in [9.17, 15) is 4.39 Å². The van der Waals surface area contributed by atoms with E-state index in [4.69, 9.17) is 0 Å². The summed E-state index contributed by atoms with van der Waals surface area (Å²) in [6.45, 7) is 2.50. The molecule has 5 nitrogen and oxygen atoms in total. The smallest absolute Gasteiger partial charge is 0.151 e. The number of nitrogens with one attached hydrogen (secondary N) is 2. The Hall–Kier alpha value is -2.25. The molecule has 1 aliphatic rings. The Morgan fingerprint density at radius 1 is 1.12 bits per heavy atom. The van der Waals surface area contributed by atoms with Gasteiger partial charge in [-0.1, -0.05) is 6.42 Å². The summed E-state index contributed by atoms with van der Waals surface area (Å²) in [5.41, 5.74) is 1.28. The van der Waals surface area contributed by atoms with Crippen molar-refractivity contribution >= 4 is 32.5 Å². The van der Waals surface area contributed by atoms with E-state index in [1.807, 2.05) is 18.3 Å². The summed E-state index contributed by atoms with van der Waals surface area (Å²) in [5, 5.41) is 16.1. The molecular weight excluding hydrogens is 337 g/mol. The first-order valence-electron chi connectivity index (χ1n) is 8.47. The molecule has 25 heavy (non-hydrogen) atoms. The highest BCUT2D eigenvalue weighted by Crippen LogP contribution is 2.34. The molecule has 0 unspecified atom stereocenters. The van der Waals surface area contributed by atoms with Crippen molar-refractivity contribution < 1.29 is 4.39 Å². The summed E-state index contributed by atoms with van der Waals surface area (Å²) in [5.74, 6) is -0.289. The molecule has 2 N–H and O–H groups in total. The average molecular weight is 357 g/mol. The van der Waals surface area contributed by atoms with Crippen molar-refractivity contribution in [2.75, 3.05) is 13.1 Å². The second-order valence-corrected chi connectivity index (χ2v) is 7.33. The van der Waals surface area contributed by atoms with Crippen LogP contribution in [0.2, 0.25) is 0 Å². The minimum Gasteiger partial charge on any atom is -0.317 e. The number of nitrogens with zero attached hydrogens (tertiary/aromatic N) is 3. The van der Waals surface area contributed by atoms with E-state index in [-0.39, 0.29) is 5.82 Å². The molecule has 1 fully saturated rings. The molecule has 1 aliphatic heterocycles. The van der Waals surface area contributed by atoms with Crippen molar-refractivity contribution in [2.45, 2.75) is 19.3 Å². The Balaban J connectivity index is 0.000000223. The third-order valence-corrected chi connectivity index (χ3v) is 5.40. The molecule has 0 saturated carbocycles. The molecule has 7 heteroatoms. The molecule has 130 valence electrons. The maximum absolute atomic E-state index is 14.0. The second-order valence-electron chi connectivity index (χ2n) is 6.27. The standard InChI is InChI=1S/C13H9FN4S.C5H11N/c1-18-6-9-2-7(3-10(14)12(9)17-18)11-4-8-5-15-16-13(8)19-11;1-2-4-6-5-3-1/h2-6H,1H3,(H,15,16);6H,1-5H2. The van der Waals surface area contributed by atoms with Gasteiger partial charge in [0.15, 0.2) is 5.82 Å². The molecule has 4 aromatic rings. The molecule has 1 saturated heterocycles. The summed E-state index contributed by atoms with van der Waals surface area (Å²) in [4.78, 5) is 2.02. The van der Waals surface area contributed by atoms with Crippen LogP contribution in [0.15, 0.2) is 30.6 Å². The van der Waals surface area contributed by atoms with E-state index in [0.717, 1.165) is 26.0 Å². The van der Waals surface area contributed by atoms with Crippen molar-refractivity contribution in [3.8, 4) is 10.4 Å². The highest BCUT2D eigenvalue weighted by atomic mass is 32.1. The predicted octanol–water partition coefficient (Wildman–Crippen LogP) is 4.08. The van der Waals surface area contributed by atoms with Gasteiger partial charge in [0.1, 0.15) is 10.3 Å². The summed E-state index contributed by atoms with van der Waals surface area (Å²) < 4.78 is 15.7. The van der Waals surface area contributed by atoms with Crippen LogP contribution in [0.1, 0.15) is 19.3 Å². The number of aromatic amines is 1. The molecule has 0 bridgehead atoms. The molecule has 5 rings (SSSR count). The minimum absolute atomic E-state index is 0.289. The third kappa shape index (κ3) is 3.43. The van der Waals surface area contributed by atoms with Gasteiger partial charge in [0, 0.05) is 28.9 Å². The van der Waals surface area contributed by atoms with Gasteiger partial charge >= 0.3 is 0 Å². The van der Waals surface area contributed by atoms with E-state index in [0.29, 0.717) is 5.52 Å². The molecular formula is C18H20FN5S. The first-order valence-corrected chi connectivity index (χ1v) is 9.29. The van der Waals surface area contributed by atoms with Gasteiger partial charge in [-0.25, -0.2) is 4.39 Å². The number of rotatable bonds is 1. The first kappa shape index (κ1) is 16.2. The highest BCUT2D eigenvalue weighted by molar-refractivity contribution is 7.21. The van der Waals surface area contributed by atoms with Crippen LogP contribution in [-0.2, 0) is 7.05 Å². The largest absolute Gasteiger partial charge is 0.317 e. The van der Waals surface area contributed by atoms with Gasteiger partial charge in [0.05, 0.1) is 6.20 Å². The van der Waals surface area contributed by atoms with Gasteiger partial charge in [-0.15, -0.1) is 11.3 Å². The summed E-state index contributed by atoms with van der Waals surface area (Å²) in [6, 6.07) is 5.51. The lowest BCUT2D eigenvalue weighted by Crippen LogP contribution is -2.21. The van der Waals surface area contributed by atoms with Crippen LogP contribution in [0.4, 0.5) is 4.39 Å². The molecule has 1 aromatic carbocycles. The number of hydrogen-bond donors (Lipinski definition) is 2. The molecule has 0 radical (unpaired) electrons. The van der Waals surface area contributed by atoms with Gasteiger partial charge in [-0.3, -0.25) is 9.78 Å². The lowest BCUT2D eigenvalue weighted by atomic mass is 10.1. The fourth-order valence-electron chi connectivity index (χ4n) is 3.05. The van der Waals surface area contributed by atoms with Crippen molar-refractivity contribution in [1.29, 1.82) is 0 Å². The third-order valence-electron chi connectivity index (χ3n) is 4.30. The Morgan fingerprint density at radius 2 is 1.96 bits per heavy atom. The predicted molar refractivity (Wildman–Crippen MR) is 100 cm³/mol. The van der Waals surface area contributed by atoms with Gasteiger partial charge in [-0.2, -0.15) is 10.2 Å². The average Bonchev–Trinajstić information content (AvgIpc) is 3.30. The quantitative estimate of drug-likeness (QED) is 0.540. The second kappa shape index (κ2) is 6.93. The number of H-pyrrole nitrogens is 1.